The Kier molecular flexibility index (Phi) is 3.95. The molecule has 6 heteroatoms. The number of carbonyl (C=O) groups excluding carboxylic acids is 1. The minimum Gasteiger partial charge on any atom is -0.462 e. The molecule has 0 fully saturated rings. The molecule has 0 aliphatic rings. The number of ketones is 1. The number of hydrogen-bond acceptors (Lipinski definition) is 5. The van der Waals surface area contributed by atoms with Crippen LogP contribution in [-0.4, -0.2) is 10.7 Å². The first-order valence-corrected chi connectivity index (χ1v) is 5.98. The first-order chi connectivity index (χ1) is 10.0. The number of nitro groups is 1. The van der Waals surface area contributed by atoms with E-state index in [2.05, 4.69) is 0 Å². The Bertz CT molecular complexity index is 781. The lowest BCUT2D eigenvalue weighted by Crippen LogP contribution is -2.02. The van der Waals surface area contributed by atoms with Crippen LogP contribution in [0.2, 0.25) is 0 Å². The number of non-ortho nitro benzene ring substituents is 1. The van der Waals surface area contributed by atoms with Crippen molar-refractivity contribution in [1.29, 1.82) is 5.26 Å². The summed E-state index contributed by atoms with van der Waals surface area (Å²) in [5.41, 5.74) is -0.267. The third-order valence-corrected chi connectivity index (χ3v) is 2.73. The fourth-order valence-electron chi connectivity index (χ4n) is 1.74. The third kappa shape index (κ3) is 3.22. The van der Waals surface area contributed by atoms with Crippen LogP contribution in [0.15, 0.2) is 46.4 Å². The smallest absolute Gasteiger partial charge is 0.270 e. The highest BCUT2D eigenvalue weighted by atomic mass is 16.6. The van der Waals surface area contributed by atoms with E-state index in [0.717, 1.165) is 6.07 Å². The van der Waals surface area contributed by atoms with Gasteiger partial charge in [-0.15, -0.1) is 0 Å². The van der Waals surface area contributed by atoms with E-state index in [1.165, 1.54) is 24.3 Å². The average molecular weight is 282 g/mol. The highest BCUT2D eigenvalue weighted by molar-refractivity contribution is 6.14. The van der Waals surface area contributed by atoms with Gasteiger partial charge in [-0.05, 0) is 19.1 Å². The molecule has 1 aromatic carbocycles. The van der Waals surface area contributed by atoms with Crippen molar-refractivity contribution < 1.29 is 14.1 Å². The zero-order valence-corrected chi connectivity index (χ0v) is 11.1. The molecule has 0 radical (unpaired) electrons. The van der Waals surface area contributed by atoms with E-state index in [9.17, 15) is 14.9 Å². The quantitative estimate of drug-likeness (QED) is 0.282. The number of nitriles is 1. The highest BCUT2D eigenvalue weighted by Gasteiger charge is 2.16. The maximum atomic E-state index is 12.2. The van der Waals surface area contributed by atoms with Crippen molar-refractivity contribution >= 4 is 17.5 Å². The summed E-state index contributed by atoms with van der Waals surface area (Å²) in [6.45, 7) is 1.74. The summed E-state index contributed by atoms with van der Waals surface area (Å²) in [4.78, 5) is 22.3. The Labute approximate surface area is 120 Å². The summed E-state index contributed by atoms with van der Waals surface area (Å²) in [6, 6.07) is 10.4. The predicted molar refractivity (Wildman–Crippen MR) is 74.5 cm³/mol. The number of aryl methyl sites for hydroxylation is 1. The molecule has 0 bridgehead atoms. The van der Waals surface area contributed by atoms with Gasteiger partial charge < -0.3 is 4.42 Å². The molecule has 1 aromatic heterocycles. The topological polar surface area (TPSA) is 97.1 Å². The van der Waals surface area contributed by atoms with Crippen molar-refractivity contribution in [2.24, 2.45) is 0 Å². The Morgan fingerprint density at radius 3 is 2.71 bits per heavy atom. The number of nitrogens with zero attached hydrogens (tertiary/aromatic N) is 2. The molecule has 2 rings (SSSR count). The lowest BCUT2D eigenvalue weighted by atomic mass is 10.0. The third-order valence-electron chi connectivity index (χ3n) is 2.73. The van der Waals surface area contributed by atoms with Crippen LogP contribution in [0.4, 0.5) is 5.69 Å². The molecular weight excluding hydrogens is 272 g/mol. The SMILES string of the molecule is Cc1ccc(/C=C(\C#N)C(=O)c2cccc([N+](=O)[O-])c2)o1. The van der Waals surface area contributed by atoms with Gasteiger partial charge in [0.05, 0.1) is 4.92 Å². The van der Waals surface area contributed by atoms with Gasteiger partial charge in [-0.3, -0.25) is 14.9 Å². The van der Waals surface area contributed by atoms with E-state index < -0.39 is 10.7 Å². The van der Waals surface area contributed by atoms with Crippen molar-refractivity contribution in [1.82, 2.24) is 0 Å². The maximum absolute atomic E-state index is 12.2. The molecule has 2 aromatic rings. The number of allylic oxidation sites excluding steroid dienone is 1. The predicted octanol–water partition coefficient (Wildman–Crippen LogP) is 3.29. The number of Topliss-reactive ketones (excluding diaryl/α,β-unsaturated/α-hetero) is 1. The van der Waals surface area contributed by atoms with Gasteiger partial charge in [0.2, 0.25) is 5.78 Å². The number of furan rings is 1. The van der Waals surface area contributed by atoms with Gasteiger partial charge in [0.15, 0.2) is 0 Å². The molecule has 0 spiro atoms. The van der Waals surface area contributed by atoms with Gasteiger partial charge in [0.25, 0.3) is 5.69 Å². The Morgan fingerprint density at radius 1 is 1.38 bits per heavy atom. The van der Waals surface area contributed by atoms with Crippen molar-refractivity contribution in [3.8, 4) is 6.07 Å². The molecule has 6 nitrogen and oxygen atoms in total. The monoisotopic (exact) mass is 282 g/mol. The van der Waals surface area contributed by atoms with Crippen molar-refractivity contribution in [2.75, 3.05) is 0 Å². The van der Waals surface area contributed by atoms with Crippen LogP contribution in [-0.2, 0) is 0 Å². The first kappa shape index (κ1) is 14.2. The molecule has 21 heavy (non-hydrogen) atoms. The molecular formula is C15H10N2O4. The van der Waals surface area contributed by atoms with Crippen LogP contribution in [0.3, 0.4) is 0 Å². The summed E-state index contributed by atoms with van der Waals surface area (Å²) in [5, 5.41) is 19.8. The first-order valence-electron chi connectivity index (χ1n) is 5.98. The number of hydrogen-bond donors (Lipinski definition) is 0. The van der Waals surface area contributed by atoms with Gasteiger partial charge in [-0.25, -0.2) is 0 Å². The lowest BCUT2D eigenvalue weighted by molar-refractivity contribution is -0.384. The lowest BCUT2D eigenvalue weighted by Gasteiger charge is -1.99. The standard InChI is InChI=1S/C15H10N2O4/c1-10-5-6-14(21-10)8-12(9-16)15(18)11-3-2-4-13(7-11)17(19)20/h2-8H,1H3/b12-8+. The fourth-order valence-corrected chi connectivity index (χ4v) is 1.74. The molecule has 0 unspecified atom stereocenters. The van der Waals surface area contributed by atoms with Gasteiger partial charge in [-0.2, -0.15) is 5.26 Å². The fraction of sp³-hybridized carbons (Fsp3) is 0.0667. The number of benzene rings is 1. The molecule has 0 aliphatic heterocycles. The van der Waals surface area contributed by atoms with E-state index in [0.29, 0.717) is 11.5 Å². The minimum absolute atomic E-state index is 0.0836. The molecule has 0 N–H and O–H groups in total. The zero-order chi connectivity index (χ0) is 15.4. The van der Waals surface area contributed by atoms with Gasteiger partial charge in [0, 0.05) is 23.8 Å². The van der Waals surface area contributed by atoms with Crippen LogP contribution in [0.25, 0.3) is 6.08 Å². The second-order valence-electron chi connectivity index (χ2n) is 4.25. The average Bonchev–Trinajstić information content (AvgIpc) is 2.89. The summed E-state index contributed by atoms with van der Waals surface area (Å²) in [5.74, 6) is 0.444. The Morgan fingerprint density at radius 2 is 2.14 bits per heavy atom. The van der Waals surface area contributed by atoms with Gasteiger partial charge in [0.1, 0.15) is 23.2 Å². The number of carbonyl (C=O) groups is 1. The second kappa shape index (κ2) is 5.84. The van der Waals surface area contributed by atoms with Crippen molar-refractivity contribution in [3.63, 3.8) is 0 Å². The van der Waals surface area contributed by atoms with E-state index in [4.69, 9.17) is 9.68 Å². The van der Waals surface area contributed by atoms with Crippen LogP contribution < -0.4 is 0 Å². The van der Waals surface area contributed by atoms with Gasteiger partial charge in [-0.1, -0.05) is 12.1 Å². The molecule has 0 saturated carbocycles. The van der Waals surface area contributed by atoms with Crippen molar-refractivity contribution in [2.45, 2.75) is 6.92 Å². The molecule has 0 aliphatic carbocycles. The Balaban J connectivity index is 2.37. The molecule has 0 atom stereocenters. The minimum atomic E-state index is -0.595. The summed E-state index contributed by atoms with van der Waals surface area (Å²) in [7, 11) is 0. The van der Waals surface area contributed by atoms with Crippen LogP contribution in [0.1, 0.15) is 21.9 Å². The highest BCUT2D eigenvalue weighted by Crippen LogP contribution is 2.18. The summed E-state index contributed by atoms with van der Waals surface area (Å²) < 4.78 is 5.28. The van der Waals surface area contributed by atoms with Crippen LogP contribution in [0, 0.1) is 28.4 Å². The maximum Gasteiger partial charge on any atom is 0.270 e. The molecule has 1 heterocycles. The normalized spacial score (nSPS) is 11.0. The van der Waals surface area contributed by atoms with E-state index in [1.807, 2.05) is 0 Å². The zero-order valence-electron chi connectivity index (χ0n) is 11.1. The van der Waals surface area contributed by atoms with E-state index >= 15 is 0 Å². The van der Waals surface area contributed by atoms with E-state index in [-0.39, 0.29) is 16.8 Å². The van der Waals surface area contributed by atoms with E-state index in [1.54, 1.807) is 25.1 Å². The van der Waals surface area contributed by atoms with Gasteiger partial charge >= 0.3 is 0 Å². The Hall–Kier alpha value is -3.20. The molecule has 0 amide bonds. The molecule has 0 saturated heterocycles. The number of nitro benzene ring substituents is 1. The largest absolute Gasteiger partial charge is 0.462 e. The second-order valence-corrected chi connectivity index (χ2v) is 4.25. The summed E-state index contributed by atoms with van der Waals surface area (Å²) >= 11 is 0. The molecule has 104 valence electrons. The summed E-state index contributed by atoms with van der Waals surface area (Å²) in [6.07, 6.45) is 1.31. The number of rotatable bonds is 4. The van der Waals surface area contributed by atoms with Crippen LogP contribution in [0.5, 0.6) is 0 Å². The van der Waals surface area contributed by atoms with Crippen LogP contribution >= 0.6 is 0 Å². The van der Waals surface area contributed by atoms with Crippen molar-refractivity contribution in [3.05, 3.63) is 69.2 Å².